The van der Waals surface area contributed by atoms with Crippen molar-refractivity contribution in [1.29, 1.82) is 0 Å². The summed E-state index contributed by atoms with van der Waals surface area (Å²) in [5.74, 6) is -0.0226. The fraction of sp³-hybridized carbons (Fsp3) is 0.231. The Balaban J connectivity index is 1.95. The van der Waals surface area contributed by atoms with E-state index in [-0.39, 0.29) is 11.0 Å². The second-order valence-corrected chi connectivity index (χ2v) is 5.09. The lowest BCUT2D eigenvalue weighted by Gasteiger charge is -2.00. The Morgan fingerprint density at radius 1 is 1.33 bits per heavy atom. The number of thioether (sulfide) groups is 1. The van der Waals surface area contributed by atoms with Crippen molar-refractivity contribution in [3.63, 3.8) is 0 Å². The Bertz CT molecular complexity index is 656. The Morgan fingerprint density at radius 3 is 2.86 bits per heavy atom. The first-order chi connectivity index (χ1) is 10.1. The number of rotatable bonds is 4. The fourth-order valence-electron chi connectivity index (χ4n) is 1.52. The summed E-state index contributed by atoms with van der Waals surface area (Å²) >= 11 is 1.07. The van der Waals surface area contributed by atoms with Crippen LogP contribution < -0.4 is 10.6 Å². The number of amides is 3. The average Bonchev–Trinajstić information content (AvgIpc) is 2.94. The molecule has 2 aromatic rings. The van der Waals surface area contributed by atoms with Gasteiger partial charge in [0.25, 0.3) is 5.22 Å². The van der Waals surface area contributed by atoms with Gasteiger partial charge in [0.05, 0.1) is 5.75 Å². The Morgan fingerprint density at radius 2 is 2.14 bits per heavy atom. The number of aryl methyl sites for hydroxylation is 1. The van der Waals surface area contributed by atoms with E-state index in [1.165, 1.54) is 7.05 Å². The highest BCUT2D eigenvalue weighted by atomic mass is 32.2. The highest BCUT2D eigenvalue weighted by Crippen LogP contribution is 2.23. The summed E-state index contributed by atoms with van der Waals surface area (Å²) in [7, 11) is 1.43. The second kappa shape index (κ2) is 6.89. The molecule has 0 saturated heterocycles. The minimum atomic E-state index is -0.549. The summed E-state index contributed by atoms with van der Waals surface area (Å²) in [5, 5.41) is 12.5. The number of carbonyl (C=O) groups excluding carboxylic acids is 2. The third-order valence-electron chi connectivity index (χ3n) is 2.48. The molecule has 0 radical (unpaired) electrons. The van der Waals surface area contributed by atoms with E-state index in [1.807, 2.05) is 31.2 Å². The van der Waals surface area contributed by atoms with Crippen LogP contribution in [0.1, 0.15) is 5.56 Å². The van der Waals surface area contributed by atoms with Crippen molar-refractivity contribution in [2.45, 2.75) is 12.1 Å². The van der Waals surface area contributed by atoms with Gasteiger partial charge in [-0.25, -0.2) is 4.79 Å². The molecular weight excluding hydrogens is 292 g/mol. The Kier molecular flexibility index (Phi) is 4.94. The monoisotopic (exact) mass is 306 g/mol. The molecule has 2 N–H and O–H groups in total. The predicted molar refractivity (Wildman–Crippen MR) is 77.8 cm³/mol. The molecule has 8 heteroatoms. The van der Waals surface area contributed by atoms with Gasteiger partial charge in [0, 0.05) is 12.6 Å². The maximum Gasteiger partial charge on any atom is 0.321 e. The Labute approximate surface area is 125 Å². The second-order valence-electron chi connectivity index (χ2n) is 4.16. The van der Waals surface area contributed by atoms with E-state index < -0.39 is 11.9 Å². The first-order valence-electron chi connectivity index (χ1n) is 6.13. The molecule has 1 heterocycles. The first kappa shape index (κ1) is 15.0. The van der Waals surface area contributed by atoms with Crippen molar-refractivity contribution in [2.75, 3.05) is 12.8 Å². The van der Waals surface area contributed by atoms with E-state index in [0.29, 0.717) is 5.89 Å². The smallest absolute Gasteiger partial charge is 0.321 e. The topological polar surface area (TPSA) is 97.1 Å². The molecule has 21 heavy (non-hydrogen) atoms. The van der Waals surface area contributed by atoms with Crippen molar-refractivity contribution >= 4 is 23.7 Å². The lowest BCUT2D eigenvalue weighted by Crippen LogP contribution is -2.38. The lowest BCUT2D eigenvalue weighted by molar-refractivity contribution is -0.117. The summed E-state index contributed by atoms with van der Waals surface area (Å²) < 4.78 is 5.47. The standard InChI is InChI=1S/C13H14N4O3S/c1-8-4-3-5-9(6-8)11-16-17-13(20-11)21-7-10(18)15-12(19)14-2/h3-6H,7H2,1-2H3,(H2,14,15,18,19). The van der Waals surface area contributed by atoms with Crippen LogP contribution in [0.25, 0.3) is 11.5 Å². The van der Waals surface area contributed by atoms with Gasteiger partial charge in [0.2, 0.25) is 11.8 Å². The highest BCUT2D eigenvalue weighted by Gasteiger charge is 2.12. The molecular formula is C13H14N4O3S. The summed E-state index contributed by atoms with van der Waals surface area (Å²) in [6.45, 7) is 1.97. The fourth-order valence-corrected chi connectivity index (χ4v) is 2.08. The zero-order valence-electron chi connectivity index (χ0n) is 11.5. The van der Waals surface area contributed by atoms with E-state index in [0.717, 1.165) is 22.9 Å². The normalized spacial score (nSPS) is 10.2. The quantitative estimate of drug-likeness (QED) is 0.833. The number of nitrogens with zero attached hydrogens (tertiary/aromatic N) is 2. The van der Waals surface area contributed by atoms with E-state index in [9.17, 15) is 9.59 Å². The van der Waals surface area contributed by atoms with Crippen LogP contribution in [0, 0.1) is 6.92 Å². The molecule has 0 atom stereocenters. The van der Waals surface area contributed by atoms with Gasteiger partial charge >= 0.3 is 6.03 Å². The van der Waals surface area contributed by atoms with Gasteiger partial charge < -0.3 is 9.73 Å². The molecule has 0 fully saturated rings. The first-order valence-corrected chi connectivity index (χ1v) is 7.12. The third kappa shape index (κ3) is 4.32. The number of hydrogen-bond donors (Lipinski definition) is 2. The molecule has 110 valence electrons. The summed E-state index contributed by atoms with van der Waals surface area (Å²) in [5.41, 5.74) is 1.91. The van der Waals surface area contributed by atoms with Crippen LogP contribution in [-0.2, 0) is 4.79 Å². The zero-order chi connectivity index (χ0) is 15.2. The number of hydrogen-bond acceptors (Lipinski definition) is 6. The van der Waals surface area contributed by atoms with Crippen LogP contribution >= 0.6 is 11.8 Å². The number of aromatic nitrogens is 2. The summed E-state index contributed by atoms with van der Waals surface area (Å²) in [4.78, 5) is 22.4. The molecule has 0 aliphatic heterocycles. The molecule has 7 nitrogen and oxygen atoms in total. The van der Waals surface area contributed by atoms with Crippen molar-refractivity contribution in [3.8, 4) is 11.5 Å². The van der Waals surface area contributed by atoms with Crippen molar-refractivity contribution in [2.24, 2.45) is 0 Å². The zero-order valence-corrected chi connectivity index (χ0v) is 12.4. The van der Waals surface area contributed by atoms with Crippen LogP contribution in [0.5, 0.6) is 0 Å². The maximum absolute atomic E-state index is 11.4. The molecule has 0 spiro atoms. The maximum atomic E-state index is 11.4. The predicted octanol–water partition coefficient (Wildman–Crippen LogP) is 1.59. The Hall–Kier alpha value is -2.35. The average molecular weight is 306 g/mol. The largest absolute Gasteiger partial charge is 0.411 e. The van der Waals surface area contributed by atoms with Crippen LogP contribution in [-0.4, -0.2) is 34.9 Å². The van der Waals surface area contributed by atoms with Gasteiger partial charge in [-0.05, 0) is 19.1 Å². The van der Waals surface area contributed by atoms with Crippen LogP contribution in [0.15, 0.2) is 33.9 Å². The number of imide groups is 1. The molecule has 3 amide bonds. The highest BCUT2D eigenvalue weighted by molar-refractivity contribution is 7.99. The lowest BCUT2D eigenvalue weighted by atomic mass is 10.1. The molecule has 2 rings (SSSR count). The van der Waals surface area contributed by atoms with Gasteiger partial charge in [-0.3, -0.25) is 10.1 Å². The summed E-state index contributed by atoms with van der Waals surface area (Å²) in [6.07, 6.45) is 0. The van der Waals surface area contributed by atoms with Gasteiger partial charge in [0.1, 0.15) is 0 Å². The molecule has 0 saturated carbocycles. The van der Waals surface area contributed by atoms with Gasteiger partial charge in [0.15, 0.2) is 0 Å². The molecule has 0 aliphatic carbocycles. The van der Waals surface area contributed by atoms with Crippen LogP contribution in [0.2, 0.25) is 0 Å². The van der Waals surface area contributed by atoms with Crippen LogP contribution in [0.4, 0.5) is 4.79 Å². The van der Waals surface area contributed by atoms with Gasteiger partial charge in [-0.15, -0.1) is 10.2 Å². The molecule has 1 aromatic carbocycles. The van der Waals surface area contributed by atoms with Crippen molar-refractivity contribution in [3.05, 3.63) is 29.8 Å². The third-order valence-corrected chi connectivity index (χ3v) is 3.30. The van der Waals surface area contributed by atoms with Crippen LogP contribution in [0.3, 0.4) is 0 Å². The molecule has 0 aliphatic rings. The van der Waals surface area contributed by atoms with E-state index in [1.54, 1.807) is 0 Å². The summed E-state index contributed by atoms with van der Waals surface area (Å²) in [6, 6.07) is 7.12. The van der Waals surface area contributed by atoms with Crippen molar-refractivity contribution < 1.29 is 14.0 Å². The van der Waals surface area contributed by atoms with E-state index in [2.05, 4.69) is 20.8 Å². The number of nitrogens with one attached hydrogen (secondary N) is 2. The number of benzene rings is 1. The SMILES string of the molecule is CNC(=O)NC(=O)CSc1nnc(-c2cccc(C)c2)o1. The van der Waals surface area contributed by atoms with E-state index >= 15 is 0 Å². The number of urea groups is 1. The minimum absolute atomic E-state index is 0.0167. The molecule has 0 unspecified atom stereocenters. The number of carbonyl (C=O) groups is 2. The molecule has 0 bridgehead atoms. The van der Waals surface area contributed by atoms with Gasteiger partial charge in [-0.1, -0.05) is 29.5 Å². The van der Waals surface area contributed by atoms with Gasteiger partial charge in [-0.2, -0.15) is 0 Å². The minimum Gasteiger partial charge on any atom is -0.411 e. The van der Waals surface area contributed by atoms with Crippen molar-refractivity contribution in [1.82, 2.24) is 20.8 Å². The van der Waals surface area contributed by atoms with E-state index in [4.69, 9.17) is 4.42 Å². The molecule has 1 aromatic heterocycles.